The fraction of sp³-hybridized carbons (Fsp3) is 0.217. The smallest absolute Gasteiger partial charge is 0.287 e. The Morgan fingerprint density at radius 3 is 2.32 bits per heavy atom. The molecule has 3 aromatic rings. The molecule has 2 N–H and O–H groups in total. The molecule has 2 aromatic carbocycles. The monoisotopic (exact) mass is 376 g/mol. The summed E-state index contributed by atoms with van der Waals surface area (Å²) < 4.78 is 5.12. The Morgan fingerprint density at radius 2 is 1.64 bits per heavy atom. The van der Waals surface area contributed by atoms with Crippen molar-refractivity contribution in [3.63, 3.8) is 0 Å². The summed E-state index contributed by atoms with van der Waals surface area (Å²) in [7, 11) is 0. The normalized spacial score (nSPS) is 11.8. The third kappa shape index (κ3) is 4.88. The van der Waals surface area contributed by atoms with E-state index >= 15 is 0 Å². The lowest BCUT2D eigenvalue weighted by Gasteiger charge is -2.22. The lowest BCUT2D eigenvalue weighted by Crippen LogP contribution is -2.47. The molecule has 1 aromatic heterocycles. The molecule has 144 valence electrons. The Hall–Kier alpha value is -3.34. The topological polar surface area (TPSA) is 71.3 Å². The summed E-state index contributed by atoms with van der Waals surface area (Å²) in [5.41, 5.74) is 2.92. The molecule has 1 atom stereocenters. The van der Waals surface area contributed by atoms with Crippen molar-refractivity contribution in [1.29, 1.82) is 0 Å². The number of furan rings is 1. The molecule has 5 heteroatoms. The molecule has 0 fully saturated rings. The molecule has 0 spiro atoms. The third-order valence-corrected chi connectivity index (χ3v) is 4.49. The molecule has 0 unspecified atom stereocenters. The maximum atomic E-state index is 12.9. The zero-order valence-corrected chi connectivity index (χ0v) is 16.0. The van der Waals surface area contributed by atoms with E-state index in [1.807, 2.05) is 56.3 Å². The van der Waals surface area contributed by atoms with Gasteiger partial charge in [0.1, 0.15) is 6.04 Å². The van der Waals surface area contributed by atoms with Gasteiger partial charge in [0.2, 0.25) is 5.91 Å². The lowest BCUT2D eigenvalue weighted by molar-refractivity contribution is -0.118. The van der Waals surface area contributed by atoms with E-state index in [4.69, 9.17) is 4.42 Å². The van der Waals surface area contributed by atoms with Gasteiger partial charge in [-0.05, 0) is 41.7 Å². The fourth-order valence-corrected chi connectivity index (χ4v) is 2.98. The number of carbonyl (C=O) groups is 2. The molecular formula is C23H24N2O3. The molecule has 0 bridgehead atoms. The van der Waals surface area contributed by atoms with E-state index in [1.165, 1.54) is 6.26 Å². The van der Waals surface area contributed by atoms with E-state index in [9.17, 15) is 9.59 Å². The van der Waals surface area contributed by atoms with Crippen LogP contribution >= 0.6 is 0 Å². The van der Waals surface area contributed by atoms with Crippen molar-refractivity contribution in [2.75, 3.05) is 5.32 Å². The van der Waals surface area contributed by atoms with Crippen molar-refractivity contribution >= 4 is 17.5 Å². The summed E-state index contributed by atoms with van der Waals surface area (Å²) in [4.78, 5) is 25.2. The molecule has 28 heavy (non-hydrogen) atoms. The van der Waals surface area contributed by atoms with Crippen molar-refractivity contribution in [1.82, 2.24) is 5.32 Å². The second-order valence-electron chi connectivity index (χ2n) is 6.98. The molecule has 0 aliphatic carbocycles. The number of benzene rings is 2. The number of rotatable bonds is 7. The second kappa shape index (κ2) is 9.04. The summed E-state index contributed by atoms with van der Waals surface area (Å²) in [6.07, 6.45) is 2.14. The molecule has 3 rings (SSSR count). The van der Waals surface area contributed by atoms with Crippen molar-refractivity contribution in [2.24, 2.45) is 5.92 Å². The van der Waals surface area contributed by atoms with E-state index in [2.05, 4.69) is 22.8 Å². The minimum Gasteiger partial charge on any atom is -0.459 e. The van der Waals surface area contributed by atoms with Crippen molar-refractivity contribution in [3.8, 4) is 0 Å². The van der Waals surface area contributed by atoms with Gasteiger partial charge in [0.05, 0.1) is 6.26 Å². The van der Waals surface area contributed by atoms with Crippen LogP contribution in [0.15, 0.2) is 77.4 Å². The van der Waals surface area contributed by atoms with Crippen LogP contribution in [-0.4, -0.2) is 17.9 Å². The molecule has 5 nitrogen and oxygen atoms in total. The highest BCUT2D eigenvalue weighted by Gasteiger charge is 2.26. The number of nitrogens with one attached hydrogen (secondary N) is 2. The molecule has 1 heterocycles. The summed E-state index contributed by atoms with van der Waals surface area (Å²) in [5.74, 6) is -0.560. The van der Waals surface area contributed by atoms with Gasteiger partial charge < -0.3 is 15.1 Å². The maximum Gasteiger partial charge on any atom is 0.287 e. The van der Waals surface area contributed by atoms with Crippen LogP contribution in [0.4, 0.5) is 5.69 Å². The first-order chi connectivity index (χ1) is 13.5. The van der Waals surface area contributed by atoms with Crippen LogP contribution < -0.4 is 10.6 Å². The van der Waals surface area contributed by atoms with Gasteiger partial charge in [-0.1, -0.05) is 62.4 Å². The molecule has 0 radical (unpaired) electrons. The first-order valence-corrected chi connectivity index (χ1v) is 9.31. The van der Waals surface area contributed by atoms with Gasteiger partial charge in [-0.15, -0.1) is 0 Å². The van der Waals surface area contributed by atoms with Gasteiger partial charge in [-0.3, -0.25) is 9.59 Å². The van der Waals surface area contributed by atoms with E-state index < -0.39 is 11.9 Å². The number of carbonyl (C=O) groups excluding carboxylic acids is 2. The maximum absolute atomic E-state index is 12.9. The van der Waals surface area contributed by atoms with Crippen LogP contribution in [0.2, 0.25) is 0 Å². The summed E-state index contributed by atoms with van der Waals surface area (Å²) >= 11 is 0. The van der Waals surface area contributed by atoms with E-state index in [1.54, 1.807) is 12.1 Å². The zero-order chi connectivity index (χ0) is 19.9. The van der Waals surface area contributed by atoms with Gasteiger partial charge >= 0.3 is 0 Å². The highest BCUT2D eigenvalue weighted by Crippen LogP contribution is 2.20. The third-order valence-electron chi connectivity index (χ3n) is 4.49. The second-order valence-corrected chi connectivity index (χ2v) is 6.98. The van der Waals surface area contributed by atoms with Crippen LogP contribution in [-0.2, 0) is 11.2 Å². The van der Waals surface area contributed by atoms with Crippen LogP contribution in [0, 0.1) is 5.92 Å². The summed E-state index contributed by atoms with van der Waals surface area (Å²) in [5, 5.41) is 5.74. The Kier molecular flexibility index (Phi) is 6.27. The Bertz CT molecular complexity index is 918. The lowest BCUT2D eigenvalue weighted by atomic mass is 10.0. The van der Waals surface area contributed by atoms with Crippen molar-refractivity contribution in [2.45, 2.75) is 26.3 Å². The van der Waals surface area contributed by atoms with E-state index in [-0.39, 0.29) is 17.6 Å². The van der Waals surface area contributed by atoms with Gasteiger partial charge in [-0.25, -0.2) is 0 Å². The molecule has 0 saturated heterocycles. The number of hydrogen-bond acceptors (Lipinski definition) is 3. The standard InChI is InChI=1S/C23H24N2O3/c1-16(2)21(25-22(26)20-13-8-14-28-20)23(27)24-19-12-7-6-11-18(19)15-17-9-4-3-5-10-17/h3-14,16,21H,15H2,1-2H3,(H,24,27)(H,25,26)/t21-/m0/s1. The predicted molar refractivity (Wildman–Crippen MR) is 109 cm³/mol. The molecule has 0 aliphatic rings. The first kappa shape index (κ1) is 19.4. The van der Waals surface area contributed by atoms with Crippen molar-refractivity contribution in [3.05, 3.63) is 89.9 Å². The average molecular weight is 376 g/mol. The quantitative estimate of drug-likeness (QED) is 0.647. The van der Waals surface area contributed by atoms with Gasteiger partial charge in [0.15, 0.2) is 5.76 Å². The minimum absolute atomic E-state index is 0.0832. The fourth-order valence-electron chi connectivity index (χ4n) is 2.98. The van der Waals surface area contributed by atoms with Crippen LogP contribution in [0.25, 0.3) is 0 Å². The van der Waals surface area contributed by atoms with Gasteiger partial charge in [-0.2, -0.15) is 0 Å². The van der Waals surface area contributed by atoms with Crippen LogP contribution in [0.1, 0.15) is 35.5 Å². The van der Waals surface area contributed by atoms with E-state index in [0.717, 1.165) is 16.8 Å². The van der Waals surface area contributed by atoms with E-state index in [0.29, 0.717) is 6.42 Å². The average Bonchev–Trinajstić information content (AvgIpc) is 3.23. The van der Waals surface area contributed by atoms with Gasteiger partial charge in [0, 0.05) is 5.69 Å². The van der Waals surface area contributed by atoms with Crippen LogP contribution in [0.3, 0.4) is 0 Å². The Morgan fingerprint density at radius 1 is 0.929 bits per heavy atom. The summed E-state index contributed by atoms with van der Waals surface area (Å²) in [6, 6.07) is 20.3. The Labute approximate surface area is 164 Å². The first-order valence-electron chi connectivity index (χ1n) is 9.31. The number of anilines is 1. The molecule has 0 saturated carbocycles. The number of hydrogen-bond donors (Lipinski definition) is 2. The largest absolute Gasteiger partial charge is 0.459 e. The minimum atomic E-state index is -0.678. The number of para-hydroxylation sites is 1. The molecule has 2 amide bonds. The molecule has 0 aliphatic heterocycles. The zero-order valence-electron chi connectivity index (χ0n) is 16.0. The number of amides is 2. The highest BCUT2D eigenvalue weighted by molar-refractivity contribution is 6.00. The SMILES string of the molecule is CC(C)[C@H](NC(=O)c1ccco1)C(=O)Nc1ccccc1Cc1ccccc1. The predicted octanol–water partition coefficient (Wildman–Crippen LogP) is 4.26. The highest BCUT2D eigenvalue weighted by atomic mass is 16.3. The summed E-state index contributed by atoms with van der Waals surface area (Å²) in [6.45, 7) is 3.78. The van der Waals surface area contributed by atoms with Crippen LogP contribution in [0.5, 0.6) is 0 Å². The van der Waals surface area contributed by atoms with Gasteiger partial charge in [0.25, 0.3) is 5.91 Å². The van der Waals surface area contributed by atoms with Crippen molar-refractivity contribution < 1.29 is 14.0 Å². The Balaban J connectivity index is 1.74. The molecular weight excluding hydrogens is 352 g/mol.